The third-order valence-corrected chi connectivity index (χ3v) is 3.61. The number of hydrogen-bond acceptors (Lipinski definition) is 4. The van der Waals surface area contributed by atoms with Gasteiger partial charge in [-0.1, -0.05) is 23.2 Å². The maximum Gasteiger partial charge on any atom is 0.159 e. The molecular weight excluding hydrogens is 271 g/mol. The summed E-state index contributed by atoms with van der Waals surface area (Å²) in [5, 5.41) is 14.5. The van der Waals surface area contributed by atoms with Gasteiger partial charge in [0.2, 0.25) is 0 Å². The molecule has 0 amide bonds. The normalized spacial score (nSPS) is 16.2. The molecule has 1 aromatic carbocycles. The van der Waals surface area contributed by atoms with Crippen LogP contribution in [0.1, 0.15) is 0 Å². The van der Waals surface area contributed by atoms with Gasteiger partial charge in [0, 0.05) is 42.0 Å². The predicted molar refractivity (Wildman–Crippen MR) is 74.6 cm³/mol. The number of hydrogen-bond donors (Lipinski definition) is 1. The van der Waals surface area contributed by atoms with Crippen molar-refractivity contribution >= 4 is 39.8 Å². The zero-order chi connectivity index (χ0) is 12.5. The Labute approximate surface area is 115 Å². The van der Waals surface area contributed by atoms with E-state index in [1.165, 1.54) is 0 Å². The first-order chi connectivity index (χ1) is 8.75. The molecule has 0 aliphatic carbocycles. The maximum absolute atomic E-state index is 6.08. The molecule has 2 aromatic rings. The number of rotatable bonds is 1. The number of aromatic nitrogens is 2. The number of benzene rings is 1. The van der Waals surface area contributed by atoms with Crippen molar-refractivity contribution in [1.82, 2.24) is 15.5 Å². The van der Waals surface area contributed by atoms with E-state index in [4.69, 9.17) is 23.2 Å². The Bertz CT molecular complexity index is 582. The lowest BCUT2D eigenvalue weighted by atomic mass is 10.1. The Morgan fingerprint density at radius 2 is 1.83 bits per heavy atom. The summed E-state index contributed by atoms with van der Waals surface area (Å²) in [5.41, 5.74) is 0. The van der Waals surface area contributed by atoms with Crippen molar-refractivity contribution < 1.29 is 0 Å². The van der Waals surface area contributed by atoms with Crippen molar-refractivity contribution in [3.05, 3.63) is 28.4 Å². The lowest BCUT2D eigenvalue weighted by molar-refractivity contribution is 0.584. The number of nitrogens with one attached hydrogen (secondary N) is 1. The largest absolute Gasteiger partial charge is 0.352 e. The van der Waals surface area contributed by atoms with E-state index >= 15 is 0 Å². The molecule has 0 spiro atoms. The Morgan fingerprint density at radius 1 is 1.06 bits per heavy atom. The molecule has 0 bridgehead atoms. The van der Waals surface area contributed by atoms with E-state index in [1.54, 1.807) is 0 Å². The number of halogens is 2. The smallest absolute Gasteiger partial charge is 0.159 e. The van der Waals surface area contributed by atoms with Crippen LogP contribution in [0, 0.1) is 0 Å². The molecule has 94 valence electrons. The molecule has 3 rings (SSSR count). The van der Waals surface area contributed by atoms with E-state index in [9.17, 15) is 0 Å². The van der Waals surface area contributed by atoms with Crippen LogP contribution in [0.3, 0.4) is 0 Å². The highest BCUT2D eigenvalue weighted by molar-refractivity contribution is 6.36. The highest BCUT2D eigenvalue weighted by atomic mass is 35.5. The summed E-state index contributed by atoms with van der Waals surface area (Å²) in [5.74, 6) is 0.882. The summed E-state index contributed by atoms with van der Waals surface area (Å²) in [6, 6.07) is 5.64. The van der Waals surface area contributed by atoms with Gasteiger partial charge >= 0.3 is 0 Å². The zero-order valence-corrected chi connectivity index (χ0v) is 11.2. The SMILES string of the molecule is Clc1ccc2c(N3CCNCC3)nnc(Cl)c2c1. The molecule has 2 heterocycles. The first-order valence-corrected chi connectivity index (χ1v) is 6.58. The third kappa shape index (κ3) is 2.11. The summed E-state index contributed by atoms with van der Waals surface area (Å²) < 4.78 is 0. The molecule has 0 saturated carbocycles. The van der Waals surface area contributed by atoms with Crippen LogP contribution in [0.4, 0.5) is 5.82 Å². The molecule has 0 atom stereocenters. The van der Waals surface area contributed by atoms with E-state index in [-0.39, 0.29) is 0 Å². The Balaban J connectivity index is 2.14. The van der Waals surface area contributed by atoms with Crippen molar-refractivity contribution in [2.45, 2.75) is 0 Å². The lowest BCUT2D eigenvalue weighted by Gasteiger charge is -2.28. The molecule has 1 saturated heterocycles. The molecule has 0 unspecified atom stereocenters. The standard InChI is InChI=1S/C12H12Cl2N4/c13-8-1-2-9-10(7-8)11(14)16-17-12(9)18-5-3-15-4-6-18/h1-2,7,15H,3-6H2. The van der Waals surface area contributed by atoms with Crippen LogP contribution in [0.15, 0.2) is 18.2 Å². The highest BCUT2D eigenvalue weighted by Crippen LogP contribution is 2.30. The van der Waals surface area contributed by atoms with Gasteiger partial charge in [-0.15, -0.1) is 10.2 Å². The van der Waals surface area contributed by atoms with E-state index in [2.05, 4.69) is 20.4 Å². The van der Waals surface area contributed by atoms with Crippen LogP contribution < -0.4 is 10.2 Å². The van der Waals surface area contributed by atoms with Crippen molar-refractivity contribution in [2.75, 3.05) is 31.1 Å². The monoisotopic (exact) mass is 282 g/mol. The van der Waals surface area contributed by atoms with Crippen LogP contribution in [0.5, 0.6) is 0 Å². The number of nitrogens with zero attached hydrogens (tertiary/aromatic N) is 3. The maximum atomic E-state index is 6.08. The van der Waals surface area contributed by atoms with Gasteiger partial charge in [0.25, 0.3) is 0 Å². The summed E-state index contributed by atoms with van der Waals surface area (Å²) in [4.78, 5) is 2.22. The number of piperazine rings is 1. The first kappa shape index (κ1) is 12.0. The second kappa shape index (κ2) is 4.88. The topological polar surface area (TPSA) is 41.0 Å². The Hall–Kier alpha value is -1.10. The van der Waals surface area contributed by atoms with Crippen LogP contribution >= 0.6 is 23.2 Å². The summed E-state index contributed by atoms with van der Waals surface area (Å²) >= 11 is 12.1. The second-order valence-corrected chi connectivity index (χ2v) is 5.04. The second-order valence-electron chi connectivity index (χ2n) is 4.24. The van der Waals surface area contributed by atoms with Gasteiger partial charge in [-0.2, -0.15) is 0 Å². The molecular formula is C12H12Cl2N4. The van der Waals surface area contributed by atoms with Gasteiger partial charge in [0.05, 0.1) is 0 Å². The van der Waals surface area contributed by atoms with Crippen molar-refractivity contribution in [3.8, 4) is 0 Å². The van der Waals surface area contributed by atoms with E-state index in [1.807, 2.05) is 18.2 Å². The zero-order valence-electron chi connectivity index (χ0n) is 9.66. The molecule has 1 aromatic heterocycles. The average Bonchev–Trinajstić information content (AvgIpc) is 2.41. The predicted octanol–water partition coefficient (Wildman–Crippen LogP) is 2.35. The van der Waals surface area contributed by atoms with Crippen molar-refractivity contribution in [3.63, 3.8) is 0 Å². The van der Waals surface area contributed by atoms with E-state index in [0.29, 0.717) is 10.2 Å². The fourth-order valence-electron chi connectivity index (χ4n) is 2.19. The summed E-state index contributed by atoms with van der Waals surface area (Å²) in [6.07, 6.45) is 0. The van der Waals surface area contributed by atoms with Gasteiger partial charge in [-0.05, 0) is 18.2 Å². The third-order valence-electron chi connectivity index (χ3n) is 3.09. The van der Waals surface area contributed by atoms with Crippen molar-refractivity contribution in [2.24, 2.45) is 0 Å². The fraction of sp³-hybridized carbons (Fsp3) is 0.333. The van der Waals surface area contributed by atoms with E-state index in [0.717, 1.165) is 42.8 Å². The molecule has 1 fully saturated rings. The molecule has 1 aliphatic heterocycles. The minimum Gasteiger partial charge on any atom is -0.352 e. The molecule has 18 heavy (non-hydrogen) atoms. The Kier molecular flexibility index (Phi) is 3.24. The van der Waals surface area contributed by atoms with E-state index < -0.39 is 0 Å². The van der Waals surface area contributed by atoms with Gasteiger partial charge < -0.3 is 10.2 Å². The van der Waals surface area contributed by atoms with Gasteiger partial charge in [0.15, 0.2) is 11.0 Å². The highest BCUT2D eigenvalue weighted by Gasteiger charge is 2.16. The fourth-order valence-corrected chi connectivity index (χ4v) is 2.56. The quantitative estimate of drug-likeness (QED) is 0.872. The summed E-state index contributed by atoms with van der Waals surface area (Å²) in [6.45, 7) is 3.76. The minimum absolute atomic E-state index is 0.395. The number of fused-ring (bicyclic) bond motifs is 1. The average molecular weight is 283 g/mol. The summed E-state index contributed by atoms with van der Waals surface area (Å²) in [7, 11) is 0. The number of anilines is 1. The minimum atomic E-state index is 0.395. The first-order valence-electron chi connectivity index (χ1n) is 5.83. The molecule has 1 N–H and O–H groups in total. The molecule has 4 nitrogen and oxygen atoms in total. The molecule has 0 radical (unpaired) electrons. The van der Waals surface area contributed by atoms with Crippen LogP contribution in [0.2, 0.25) is 10.2 Å². The van der Waals surface area contributed by atoms with Crippen LogP contribution in [-0.2, 0) is 0 Å². The van der Waals surface area contributed by atoms with Gasteiger partial charge in [-0.25, -0.2) is 0 Å². The van der Waals surface area contributed by atoms with Crippen LogP contribution in [-0.4, -0.2) is 36.4 Å². The van der Waals surface area contributed by atoms with Gasteiger partial charge in [-0.3, -0.25) is 0 Å². The lowest BCUT2D eigenvalue weighted by Crippen LogP contribution is -2.44. The molecule has 1 aliphatic rings. The van der Waals surface area contributed by atoms with Crippen LogP contribution in [0.25, 0.3) is 10.8 Å². The molecule has 6 heteroatoms. The Morgan fingerprint density at radius 3 is 2.61 bits per heavy atom. The van der Waals surface area contributed by atoms with Gasteiger partial charge in [0.1, 0.15) is 0 Å². The van der Waals surface area contributed by atoms with Crippen molar-refractivity contribution in [1.29, 1.82) is 0 Å².